The van der Waals surface area contributed by atoms with Gasteiger partial charge in [0.2, 0.25) is 0 Å². The average molecular weight is 623 g/mol. The maximum absolute atomic E-state index is 10.3. The zero-order chi connectivity index (χ0) is 23.1. The number of aliphatic hydroxyl groups is 2. The second kappa shape index (κ2) is 9.96. The van der Waals surface area contributed by atoms with Gasteiger partial charge in [0, 0.05) is 32.2 Å². The molecule has 0 aliphatic heterocycles. The Kier molecular flexibility index (Phi) is 7.86. The molecule has 0 saturated heterocycles. The van der Waals surface area contributed by atoms with Crippen LogP contribution in [-0.4, -0.2) is 27.4 Å². The summed E-state index contributed by atoms with van der Waals surface area (Å²) < 4.78 is 0. The Labute approximate surface area is 212 Å². The minimum absolute atomic E-state index is 0. The quantitative estimate of drug-likeness (QED) is 0.318. The molecule has 1 radical (unpaired) electrons. The van der Waals surface area contributed by atoms with Crippen LogP contribution < -0.4 is 0 Å². The van der Waals surface area contributed by atoms with Crippen LogP contribution in [0.1, 0.15) is 52.5 Å². The molecule has 3 aromatic rings. The molecule has 33 heavy (non-hydrogen) atoms. The Bertz CT molecular complexity index is 1080. The fourth-order valence-corrected chi connectivity index (χ4v) is 5.78. The molecule has 0 bridgehead atoms. The number of benzene rings is 2. The predicted octanol–water partition coefficient (Wildman–Crippen LogP) is 6.20. The SMILES string of the molecule is CC1(C)CCC2CC(C)(C)C(O)C2C1O.Cc1cccc2c(-c3[c-]cccc3)nccc12.[Ir]. The number of nitrogens with zero attached hydrogens (tertiary/aromatic N) is 1. The number of hydrogen-bond donors (Lipinski definition) is 2. The normalized spacial score (nSPS) is 27.1. The van der Waals surface area contributed by atoms with Gasteiger partial charge in [-0.15, -0.1) is 35.9 Å². The molecular weight excluding hydrogens is 587 g/mol. The number of aromatic nitrogens is 1. The first-order valence-electron chi connectivity index (χ1n) is 11.8. The van der Waals surface area contributed by atoms with Gasteiger partial charge in [-0.2, -0.15) is 0 Å². The van der Waals surface area contributed by atoms with Crippen LogP contribution in [-0.2, 0) is 20.1 Å². The monoisotopic (exact) mass is 623 g/mol. The smallest absolute Gasteiger partial charge is 0.0646 e. The van der Waals surface area contributed by atoms with Crippen molar-refractivity contribution >= 4 is 10.8 Å². The fraction of sp³-hybridized carbons (Fsp3) is 0.483. The third kappa shape index (κ3) is 5.10. The molecule has 0 amide bonds. The Balaban J connectivity index is 0.000000182. The second-order valence-corrected chi connectivity index (χ2v) is 11.1. The zero-order valence-electron chi connectivity index (χ0n) is 20.3. The van der Waals surface area contributed by atoms with Crippen molar-refractivity contribution in [1.29, 1.82) is 0 Å². The molecular formula is C29H36IrNO2-. The van der Waals surface area contributed by atoms with Crippen molar-refractivity contribution in [3.05, 3.63) is 66.4 Å². The van der Waals surface area contributed by atoms with Gasteiger partial charge >= 0.3 is 0 Å². The summed E-state index contributed by atoms with van der Waals surface area (Å²) in [6, 6.07) is 19.6. The van der Waals surface area contributed by atoms with E-state index in [9.17, 15) is 10.2 Å². The van der Waals surface area contributed by atoms with E-state index in [1.165, 1.54) is 16.3 Å². The Hall–Kier alpha value is -1.58. The number of aryl methyl sites for hydroxylation is 1. The van der Waals surface area contributed by atoms with E-state index in [0.717, 1.165) is 30.5 Å². The van der Waals surface area contributed by atoms with Crippen LogP contribution in [0.5, 0.6) is 0 Å². The maximum Gasteiger partial charge on any atom is 0.0646 e. The molecule has 2 aliphatic rings. The molecule has 2 saturated carbocycles. The van der Waals surface area contributed by atoms with Crippen molar-refractivity contribution in [2.75, 3.05) is 0 Å². The van der Waals surface area contributed by atoms with Gasteiger partial charge in [0.25, 0.3) is 0 Å². The fourth-order valence-electron chi connectivity index (χ4n) is 5.78. The number of hydrogen-bond acceptors (Lipinski definition) is 3. The van der Waals surface area contributed by atoms with Gasteiger partial charge in [-0.05, 0) is 71.0 Å². The van der Waals surface area contributed by atoms with Crippen LogP contribution in [0.4, 0.5) is 0 Å². The topological polar surface area (TPSA) is 53.4 Å². The zero-order valence-corrected chi connectivity index (χ0v) is 22.7. The van der Waals surface area contributed by atoms with Crippen molar-refractivity contribution in [1.82, 2.24) is 4.98 Å². The summed E-state index contributed by atoms with van der Waals surface area (Å²) in [6.07, 6.45) is 4.50. The molecule has 2 aliphatic carbocycles. The average Bonchev–Trinajstić information content (AvgIpc) is 3.01. The van der Waals surface area contributed by atoms with E-state index in [-0.39, 0.29) is 49.1 Å². The standard InChI is InChI=1S/C16H12N.C13H24O2.Ir/c1-12-6-5-9-15-14(12)10-11-17-16(15)13-7-3-2-4-8-13;1-12(2)6-5-8-7-13(3,4)11(15)9(8)10(12)14;/h2-7,9-11H,1H3;8-11,14-15H,5-7H2,1-4H3;/q-1;;. The van der Waals surface area contributed by atoms with Gasteiger partial charge in [-0.1, -0.05) is 45.9 Å². The largest absolute Gasteiger partial charge is 0.392 e. The summed E-state index contributed by atoms with van der Waals surface area (Å²) in [5, 5.41) is 23.1. The molecule has 1 heterocycles. The van der Waals surface area contributed by atoms with Crippen molar-refractivity contribution in [3.8, 4) is 11.3 Å². The molecule has 4 atom stereocenters. The van der Waals surface area contributed by atoms with Crippen LogP contribution in [0.2, 0.25) is 0 Å². The Morgan fingerprint density at radius 3 is 2.33 bits per heavy atom. The first kappa shape index (κ1) is 26.0. The van der Waals surface area contributed by atoms with Crippen molar-refractivity contribution in [2.45, 2.75) is 66.1 Å². The summed E-state index contributed by atoms with van der Waals surface area (Å²) in [4.78, 5) is 4.49. The van der Waals surface area contributed by atoms with E-state index >= 15 is 0 Å². The summed E-state index contributed by atoms with van der Waals surface area (Å²) in [5.41, 5.74) is 3.29. The third-order valence-electron chi connectivity index (χ3n) is 7.81. The van der Waals surface area contributed by atoms with Gasteiger partial charge in [-0.3, -0.25) is 0 Å². The van der Waals surface area contributed by atoms with Crippen molar-refractivity contribution in [2.24, 2.45) is 22.7 Å². The maximum atomic E-state index is 10.3. The van der Waals surface area contributed by atoms with Crippen LogP contribution in [0, 0.1) is 35.7 Å². The number of fused-ring (bicyclic) bond motifs is 2. The van der Waals surface area contributed by atoms with Crippen molar-refractivity contribution < 1.29 is 30.3 Å². The summed E-state index contributed by atoms with van der Waals surface area (Å²) in [6.45, 7) is 10.6. The number of rotatable bonds is 1. The van der Waals surface area contributed by atoms with Crippen LogP contribution in [0.15, 0.2) is 54.7 Å². The number of aliphatic hydroxyl groups excluding tert-OH is 2. The second-order valence-electron chi connectivity index (χ2n) is 11.1. The van der Waals surface area contributed by atoms with E-state index in [1.807, 2.05) is 30.5 Å². The number of pyridine rings is 1. The molecule has 2 N–H and O–H groups in total. The molecule has 4 heteroatoms. The molecule has 3 nitrogen and oxygen atoms in total. The van der Waals surface area contributed by atoms with E-state index < -0.39 is 0 Å². The molecule has 5 rings (SSSR count). The van der Waals surface area contributed by atoms with E-state index in [0.29, 0.717) is 5.92 Å². The van der Waals surface area contributed by atoms with Crippen molar-refractivity contribution in [3.63, 3.8) is 0 Å². The summed E-state index contributed by atoms with van der Waals surface area (Å²) in [5.74, 6) is 0.627. The molecule has 2 fully saturated rings. The van der Waals surface area contributed by atoms with Gasteiger partial charge in [0.05, 0.1) is 12.2 Å². The van der Waals surface area contributed by atoms with E-state index in [4.69, 9.17) is 0 Å². The minimum atomic E-state index is -0.340. The molecule has 0 spiro atoms. The van der Waals surface area contributed by atoms with Gasteiger partial charge in [0.15, 0.2) is 0 Å². The van der Waals surface area contributed by atoms with Crippen LogP contribution in [0.3, 0.4) is 0 Å². The molecule has 179 valence electrons. The Morgan fingerprint density at radius 2 is 1.64 bits per heavy atom. The van der Waals surface area contributed by atoms with Crippen LogP contribution >= 0.6 is 0 Å². The summed E-state index contributed by atoms with van der Waals surface area (Å²) in [7, 11) is 0. The predicted molar refractivity (Wildman–Crippen MR) is 131 cm³/mol. The Morgan fingerprint density at radius 1 is 0.909 bits per heavy atom. The molecule has 1 aromatic heterocycles. The molecule has 4 unspecified atom stereocenters. The first-order valence-corrected chi connectivity index (χ1v) is 11.8. The third-order valence-corrected chi connectivity index (χ3v) is 7.81. The summed E-state index contributed by atoms with van der Waals surface area (Å²) >= 11 is 0. The van der Waals surface area contributed by atoms with E-state index in [1.54, 1.807) is 0 Å². The van der Waals surface area contributed by atoms with Crippen LogP contribution in [0.25, 0.3) is 22.0 Å². The first-order chi connectivity index (χ1) is 15.1. The molecule has 2 aromatic carbocycles. The van der Waals surface area contributed by atoms with Gasteiger partial charge < -0.3 is 15.2 Å². The minimum Gasteiger partial charge on any atom is -0.392 e. The van der Waals surface area contributed by atoms with E-state index in [2.05, 4.69) is 69.9 Å². The van der Waals surface area contributed by atoms with Gasteiger partial charge in [0.1, 0.15) is 0 Å². The van der Waals surface area contributed by atoms with Gasteiger partial charge in [-0.25, -0.2) is 0 Å².